The third kappa shape index (κ3) is 3.59. The number of hydrogen-bond acceptors (Lipinski definition) is 6. The fourth-order valence-corrected chi connectivity index (χ4v) is 2.32. The quantitative estimate of drug-likeness (QED) is 0.523. The van der Waals surface area contributed by atoms with E-state index in [1.54, 1.807) is 63.8 Å². The average molecular weight is 354 g/mol. The number of amides is 1. The fraction of sp³-hybridized carbons (Fsp3) is 0.167. The Bertz CT molecular complexity index is 929. The topological polar surface area (TPSA) is 102 Å². The van der Waals surface area contributed by atoms with Crippen LogP contribution in [0.5, 0.6) is 11.5 Å². The number of carbonyl (C=O) groups excluding carboxylic acids is 1. The number of benzene rings is 1. The van der Waals surface area contributed by atoms with Crippen molar-refractivity contribution >= 4 is 11.6 Å². The van der Waals surface area contributed by atoms with E-state index >= 15 is 0 Å². The molecule has 3 aromatic rings. The fourth-order valence-electron chi connectivity index (χ4n) is 2.32. The van der Waals surface area contributed by atoms with Gasteiger partial charge in [-0.3, -0.25) is 9.89 Å². The summed E-state index contributed by atoms with van der Waals surface area (Å²) >= 11 is 0. The first kappa shape index (κ1) is 17.3. The molecule has 26 heavy (non-hydrogen) atoms. The maximum atomic E-state index is 12.3. The van der Waals surface area contributed by atoms with Crippen molar-refractivity contribution in [2.45, 2.75) is 6.92 Å². The molecule has 0 aliphatic rings. The average Bonchev–Trinajstić information content (AvgIpc) is 3.37. The Balaban J connectivity index is 1.79. The highest BCUT2D eigenvalue weighted by Crippen LogP contribution is 2.32. The van der Waals surface area contributed by atoms with Crippen molar-refractivity contribution in [1.29, 1.82) is 0 Å². The van der Waals surface area contributed by atoms with Gasteiger partial charge in [-0.05, 0) is 43.3 Å². The first-order valence-corrected chi connectivity index (χ1v) is 7.78. The van der Waals surface area contributed by atoms with Crippen LogP contribution < -0.4 is 14.9 Å². The summed E-state index contributed by atoms with van der Waals surface area (Å²) in [6.45, 7) is 1.73. The van der Waals surface area contributed by atoms with E-state index in [4.69, 9.17) is 13.9 Å². The van der Waals surface area contributed by atoms with Gasteiger partial charge in [0.15, 0.2) is 0 Å². The Morgan fingerprint density at radius 1 is 1.23 bits per heavy atom. The summed E-state index contributed by atoms with van der Waals surface area (Å²) in [7, 11) is 3.14. The van der Waals surface area contributed by atoms with E-state index in [0.717, 1.165) is 0 Å². The summed E-state index contributed by atoms with van der Waals surface area (Å²) in [5.41, 5.74) is 4.54. The number of rotatable bonds is 6. The standard InChI is InChI=1S/C18H18N4O4/c1-11(16-5-4-8-26-16)19-22-18(23)15-10-14(20-21-15)13-9-12(24-2)6-7-17(13)25-3/h4-10H,1-3H3,(H,20,21)(H,22,23). The van der Waals surface area contributed by atoms with Gasteiger partial charge in [0.1, 0.15) is 28.7 Å². The maximum absolute atomic E-state index is 12.3. The smallest absolute Gasteiger partial charge is 0.289 e. The van der Waals surface area contributed by atoms with E-state index in [0.29, 0.717) is 34.2 Å². The minimum absolute atomic E-state index is 0.265. The Morgan fingerprint density at radius 3 is 2.77 bits per heavy atom. The van der Waals surface area contributed by atoms with Crippen LogP contribution in [0.2, 0.25) is 0 Å². The van der Waals surface area contributed by atoms with Crippen molar-refractivity contribution in [2.75, 3.05) is 14.2 Å². The summed E-state index contributed by atoms with van der Waals surface area (Å²) in [5, 5.41) is 10.9. The van der Waals surface area contributed by atoms with E-state index in [-0.39, 0.29) is 5.69 Å². The Kier molecular flexibility index (Phi) is 5.02. The van der Waals surface area contributed by atoms with Gasteiger partial charge in [0.05, 0.1) is 26.2 Å². The summed E-state index contributed by atoms with van der Waals surface area (Å²) < 4.78 is 15.8. The van der Waals surface area contributed by atoms with E-state index in [1.807, 2.05) is 0 Å². The Morgan fingerprint density at radius 2 is 2.08 bits per heavy atom. The molecule has 3 rings (SSSR count). The van der Waals surface area contributed by atoms with Crippen LogP contribution in [0.25, 0.3) is 11.3 Å². The molecule has 0 atom stereocenters. The highest BCUT2D eigenvalue weighted by Gasteiger charge is 2.15. The minimum Gasteiger partial charge on any atom is -0.497 e. The van der Waals surface area contributed by atoms with Crippen LogP contribution in [0, 0.1) is 0 Å². The lowest BCUT2D eigenvalue weighted by Crippen LogP contribution is -2.19. The van der Waals surface area contributed by atoms with E-state index in [9.17, 15) is 4.79 Å². The van der Waals surface area contributed by atoms with Gasteiger partial charge in [-0.25, -0.2) is 5.43 Å². The van der Waals surface area contributed by atoms with Crippen LogP contribution in [0.4, 0.5) is 0 Å². The van der Waals surface area contributed by atoms with Gasteiger partial charge in [-0.2, -0.15) is 10.2 Å². The predicted molar refractivity (Wildman–Crippen MR) is 95.5 cm³/mol. The molecule has 0 fully saturated rings. The van der Waals surface area contributed by atoms with Crippen LogP contribution in [0.1, 0.15) is 23.2 Å². The number of H-pyrrole nitrogens is 1. The number of hydrogen-bond donors (Lipinski definition) is 2. The lowest BCUT2D eigenvalue weighted by atomic mass is 10.1. The van der Waals surface area contributed by atoms with Crippen LogP contribution >= 0.6 is 0 Å². The first-order valence-electron chi connectivity index (χ1n) is 7.78. The van der Waals surface area contributed by atoms with E-state index in [2.05, 4.69) is 20.7 Å². The van der Waals surface area contributed by atoms with Gasteiger partial charge in [-0.1, -0.05) is 0 Å². The van der Waals surface area contributed by atoms with Crippen molar-refractivity contribution in [3.05, 3.63) is 54.1 Å². The summed E-state index contributed by atoms with van der Waals surface area (Å²) in [4.78, 5) is 12.3. The molecule has 0 aliphatic carbocycles. The molecule has 0 spiro atoms. The molecular formula is C18H18N4O4. The third-order valence-electron chi connectivity index (χ3n) is 3.71. The molecule has 0 unspecified atom stereocenters. The molecule has 134 valence electrons. The number of ether oxygens (including phenoxy) is 2. The molecule has 8 nitrogen and oxygen atoms in total. The van der Waals surface area contributed by atoms with Crippen LogP contribution in [-0.2, 0) is 0 Å². The zero-order valence-corrected chi connectivity index (χ0v) is 14.6. The lowest BCUT2D eigenvalue weighted by Gasteiger charge is -2.08. The van der Waals surface area contributed by atoms with E-state index in [1.165, 1.54) is 0 Å². The molecule has 1 aromatic carbocycles. The number of methoxy groups -OCH3 is 2. The lowest BCUT2D eigenvalue weighted by molar-refractivity contribution is 0.0950. The normalized spacial score (nSPS) is 11.3. The zero-order valence-electron chi connectivity index (χ0n) is 14.6. The molecule has 0 aliphatic heterocycles. The van der Waals surface area contributed by atoms with Crippen LogP contribution in [-0.4, -0.2) is 36.0 Å². The van der Waals surface area contributed by atoms with Gasteiger partial charge < -0.3 is 13.9 Å². The minimum atomic E-state index is -0.420. The number of nitrogens with one attached hydrogen (secondary N) is 2. The Labute approximate surface area is 149 Å². The molecule has 0 bridgehead atoms. The van der Waals surface area contributed by atoms with Gasteiger partial charge in [0.25, 0.3) is 5.91 Å². The number of hydrazone groups is 1. The van der Waals surface area contributed by atoms with Gasteiger partial charge in [0, 0.05) is 5.56 Å². The molecule has 8 heteroatoms. The third-order valence-corrected chi connectivity index (χ3v) is 3.71. The molecular weight excluding hydrogens is 336 g/mol. The van der Waals surface area contributed by atoms with Crippen molar-refractivity contribution in [1.82, 2.24) is 15.6 Å². The van der Waals surface area contributed by atoms with Crippen molar-refractivity contribution in [3.8, 4) is 22.8 Å². The maximum Gasteiger partial charge on any atom is 0.289 e. The van der Waals surface area contributed by atoms with Crippen molar-refractivity contribution in [2.24, 2.45) is 5.10 Å². The number of aromatic nitrogens is 2. The summed E-state index contributed by atoms with van der Waals surface area (Å²) in [5.74, 6) is 1.44. The largest absolute Gasteiger partial charge is 0.497 e. The molecule has 2 heterocycles. The zero-order chi connectivity index (χ0) is 18.5. The van der Waals surface area contributed by atoms with Gasteiger partial charge in [0.2, 0.25) is 0 Å². The van der Waals surface area contributed by atoms with Crippen LogP contribution in [0.15, 0.2) is 52.2 Å². The number of furan rings is 1. The summed E-state index contributed by atoms with van der Waals surface area (Å²) in [6, 6.07) is 10.5. The Hall–Kier alpha value is -3.55. The highest BCUT2D eigenvalue weighted by atomic mass is 16.5. The van der Waals surface area contributed by atoms with E-state index < -0.39 is 5.91 Å². The number of aromatic amines is 1. The van der Waals surface area contributed by atoms with Crippen LogP contribution in [0.3, 0.4) is 0 Å². The highest BCUT2D eigenvalue weighted by molar-refractivity contribution is 5.98. The number of carbonyl (C=O) groups is 1. The van der Waals surface area contributed by atoms with Crippen molar-refractivity contribution in [3.63, 3.8) is 0 Å². The first-order chi connectivity index (χ1) is 12.6. The molecule has 2 aromatic heterocycles. The predicted octanol–water partition coefficient (Wildman–Crippen LogP) is 2.84. The molecule has 0 radical (unpaired) electrons. The molecule has 1 amide bonds. The second-order valence-corrected chi connectivity index (χ2v) is 5.35. The molecule has 0 saturated carbocycles. The van der Waals surface area contributed by atoms with Gasteiger partial charge in [-0.15, -0.1) is 0 Å². The van der Waals surface area contributed by atoms with Gasteiger partial charge >= 0.3 is 0 Å². The monoisotopic (exact) mass is 354 g/mol. The molecule has 0 saturated heterocycles. The van der Waals surface area contributed by atoms with Crippen molar-refractivity contribution < 1.29 is 18.7 Å². The second kappa shape index (κ2) is 7.56. The number of nitrogens with zero attached hydrogens (tertiary/aromatic N) is 2. The summed E-state index contributed by atoms with van der Waals surface area (Å²) in [6.07, 6.45) is 1.54. The molecule has 2 N–H and O–H groups in total. The second-order valence-electron chi connectivity index (χ2n) is 5.35. The SMILES string of the molecule is COc1ccc(OC)c(-c2cc(C(=O)NN=C(C)c3ccco3)[nH]n2)c1.